The minimum atomic E-state index is -4.40. The van der Waals surface area contributed by atoms with Crippen molar-refractivity contribution in [2.75, 3.05) is 47.5 Å². The Kier molecular flexibility index (Phi) is 82.3. The van der Waals surface area contributed by atoms with E-state index in [2.05, 4.69) is 62.5 Å². The van der Waals surface area contributed by atoms with Crippen molar-refractivity contribution < 1.29 is 42.1 Å². The zero-order chi connectivity index (χ0) is 74.7. The van der Waals surface area contributed by atoms with Gasteiger partial charge in [0, 0.05) is 12.8 Å². The molecule has 0 amide bonds. The van der Waals surface area contributed by atoms with Crippen LogP contribution in [0.1, 0.15) is 483 Å². The fourth-order valence-corrected chi connectivity index (χ4v) is 14.9. The number of carbonyl (C=O) groups is 2. The number of allylic oxidation sites excluding steroid dienone is 8. The van der Waals surface area contributed by atoms with Crippen LogP contribution in [0.5, 0.6) is 0 Å². The van der Waals surface area contributed by atoms with Gasteiger partial charge in [0.1, 0.15) is 19.8 Å². The predicted molar refractivity (Wildman–Crippen MR) is 450 cm³/mol. The highest BCUT2D eigenvalue weighted by Gasteiger charge is 2.27. The highest BCUT2D eigenvalue weighted by Crippen LogP contribution is 2.43. The second-order valence-electron chi connectivity index (χ2n) is 32.7. The average Bonchev–Trinajstić information content (AvgIpc) is 0.971. The predicted octanol–water partition coefficient (Wildman–Crippen LogP) is 31.0. The molecule has 0 saturated heterocycles. The van der Waals surface area contributed by atoms with Crippen molar-refractivity contribution in [3.8, 4) is 0 Å². The lowest BCUT2D eigenvalue weighted by molar-refractivity contribution is -0.870. The van der Waals surface area contributed by atoms with Crippen LogP contribution in [0.15, 0.2) is 48.6 Å². The Morgan fingerprint density at radius 3 is 0.825 bits per heavy atom. The zero-order valence-electron chi connectivity index (χ0n) is 69.8. The number of phosphoric acid groups is 1. The third kappa shape index (κ3) is 88.8. The molecular formula is C93H179NO8P+. The molecule has 608 valence electrons. The Balaban J connectivity index is 3.82. The third-order valence-corrected chi connectivity index (χ3v) is 22.1. The Morgan fingerprint density at radius 2 is 0.553 bits per heavy atom. The van der Waals surface area contributed by atoms with E-state index in [1.54, 1.807) is 0 Å². The third-order valence-electron chi connectivity index (χ3n) is 21.1. The summed E-state index contributed by atoms with van der Waals surface area (Å²) in [5, 5.41) is 0. The quantitative estimate of drug-likeness (QED) is 0.0211. The molecule has 0 saturated carbocycles. The lowest BCUT2D eigenvalue weighted by Gasteiger charge is -2.24. The first-order valence-electron chi connectivity index (χ1n) is 45.9. The molecular weight excluding hydrogens is 1290 g/mol. The number of carbonyl (C=O) groups excluding carboxylic acids is 2. The normalized spacial score (nSPS) is 13.1. The summed E-state index contributed by atoms with van der Waals surface area (Å²) in [7, 11) is 1.51. The Hall–Kier alpha value is -2.03. The smallest absolute Gasteiger partial charge is 0.462 e. The van der Waals surface area contributed by atoms with Gasteiger partial charge in [0.15, 0.2) is 6.10 Å². The van der Waals surface area contributed by atoms with E-state index in [0.29, 0.717) is 17.4 Å². The molecule has 0 bridgehead atoms. The molecule has 0 aliphatic carbocycles. The van der Waals surface area contributed by atoms with E-state index in [1.165, 1.54) is 392 Å². The Bertz CT molecular complexity index is 1880. The first-order valence-corrected chi connectivity index (χ1v) is 47.4. The second-order valence-corrected chi connectivity index (χ2v) is 34.1. The van der Waals surface area contributed by atoms with Crippen molar-refractivity contribution in [1.29, 1.82) is 0 Å². The SMILES string of the molecule is CC/C=C\C/C=C\C/C=C\C/C=C\CCCCCCCCCCCCCCCCCCCCCCCCCCCCCCC(=O)OC(COC(=O)CCCCCCCCCCCCCCCCCCCCCCCCCCCCCCCCCCCCCCCC)COP(=O)(O)OCC[N+](C)(C)C. The van der Waals surface area contributed by atoms with Gasteiger partial charge in [-0.25, -0.2) is 4.57 Å². The van der Waals surface area contributed by atoms with Crippen LogP contribution in [-0.2, 0) is 32.7 Å². The first-order chi connectivity index (χ1) is 50.5. The summed E-state index contributed by atoms with van der Waals surface area (Å²) in [4.78, 5) is 36.1. The molecule has 10 heteroatoms. The summed E-state index contributed by atoms with van der Waals surface area (Å²) in [5.74, 6) is -0.766. The van der Waals surface area contributed by atoms with Gasteiger partial charge in [-0.2, -0.15) is 0 Å². The first kappa shape index (κ1) is 101. The number of likely N-dealkylation sites (N-methyl/N-ethyl adjacent to an activating group) is 1. The molecule has 0 spiro atoms. The Labute approximate surface area is 643 Å². The number of hydrogen-bond acceptors (Lipinski definition) is 7. The summed E-state index contributed by atoms with van der Waals surface area (Å²) in [6.45, 7) is 4.42. The molecule has 0 heterocycles. The summed E-state index contributed by atoms with van der Waals surface area (Å²) in [6.07, 6.45) is 113. The van der Waals surface area contributed by atoms with E-state index in [4.69, 9.17) is 18.5 Å². The number of hydrogen-bond donors (Lipinski definition) is 1. The topological polar surface area (TPSA) is 108 Å². The van der Waals surface area contributed by atoms with E-state index >= 15 is 0 Å². The second kappa shape index (κ2) is 84.0. The highest BCUT2D eigenvalue weighted by molar-refractivity contribution is 7.47. The van der Waals surface area contributed by atoms with Gasteiger partial charge >= 0.3 is 19.8 Å². The van der Waals surface area contributed by atoms with Gasteiger partial charge in [-0.3, -0.25) is 18.6 Å². The van der Waals surface area contributed by atoms with Gasteiger partial charge in [-0.05, 0) is 51.4 Å². The van der Waals surface area contributed by atoms with Crippen LogP contribution >= 0.6 is 7.82 Å². The summed E-state index contributed by atoms with van der Waals surface area (Å²) in [6, 6.07) is 0. The van der Waals surface area contributed by atoms with Gasteiger partial charge in [-0.1, -0.05) is 467 Å². The lowest BCUT2D eigenvalue weighted by Crippen LogP contribution is -2.37. The van der Waals surface area contributed by atoms with E-state index < -0.39 is 26.5 Å². The number of nitrogens with zero attached hydrogens (tertiary/aromatic N) is 1. The van der Waals surface area contributed by atoms with E-state index in [0.717, 1.165) is 64.2 Å². The van der Waals surface area contributed by atoms with Crippen LogP contribution in [0, 0.1) is 0 Å². The van der Waals surface area contributed by atoms with Crippen LogP contribution < -0.4 is 0 Å². The molecule has 0 radical (unpaired) electrons. The highest BCUT2D eigenvalue weighted by atomic mass is 31.2. The fourth-order valence-electron chi connectivity index (χ4n) is 14.2. The number of esters is 2. The number of rotatable bonds is 87. The monoisotopic (exact) mass is 1470 g/mol. The summed E-state index contributed by atoms with van der Waals surface area (Å²) < 4.78 is 34.9. The molecule has 0 aliphatic rings. The van der Waals surface area contributed by atoms with Crippen molar-refractivity contribution in [2.45, 2.75) is 489 Å². The molecule has 2 atom stereocenters. The summed E-state index contributed by atoms with van der Waals surface area (Å²) >= 11 is 0. The molecule has 0 rings (SSSR count). The molecule has 0 aliphatic heterocycles. The van der Waals surface area contributed by atoms with Gasteiger partial charge in [-0.15, -0.1) is 0 Å². The number of phosphoric ester groups is 1. The number of quaternary nitrogens is 1. The van der Waals surface area contributed by atoms with Gasteiger partial charge in [0.25, 0.3) is 0 Å². The van der Waals surface area contributed by atoms with E-state index in [1.807, 2.05) is 21.1 Å². The van der Waals surface area contributed by atoms with Crippen LogP contribution in [0.4, 0.5) is 0 Å². The standard InChI is InChI=1S/C93H178NO8P/c1-6-8-10-12-14-16-18-20-22-24-26-28-30-32-34-36-38-40-42-44-46-47-48-50-52-54-56-58-60-62-64-66-68-70-72-74-76-78-80-82-84-86-93(96)102-91(90-101-103(97,98)100-88-87-94(3,4)5)89-99-92(95)85-83-81-79-77-75-73-71-69-67-65-63-61-59-57-55-53-51-49-45-43-41-39-37-35-33-31-29-27-25-23-21-19-17-15-13-11-9-7-2/h8,10,14,16,20,22,26,28,91H,6-7,9,11-13,15,17-19,21,23-25,27,29-90H2,1-5H3/p+1/b10-8-,16-14-,22-20-,28-26-. The van der Waals surface area contributed by atoms with Crippen molar-refractivity contribution in [3.63, 3.8) is 0 Å². The maximum absolute atomic E-state index is 13.0. The molecule has 9 nitrogen and oxygen atoms in total. The van der Waals surface area contributed by atoms with E-state index in [9.17, 15) is 19.0 Å². The molecule has 0 aromatic carbocycles. The molecule has 103 heavy (non-hydrogen) atoms. The van der Waals surface area contributed by atoms with Gasteiger partial charge in [0.05, 0.1) is 27.7 Å². The van der Waals surface area contributed by atoms with Crippen LogP contribution in [0.2, 0.25) is 0 Å². The Morgan fingerprint density at radius 1 is 0.311 bits per heavy atom. The fraction of sp³-hybridized carbons (Fsp3) is 0.892. The molecule has 0 aromatic heterocycles. The van der Waals surface area contributed by atoms with Crippen molar-refractivity contribution >= 4 is 19.8 Å². The van der Waals surface area contributed by atoms with Crippen molar-refractivity contribution in [3.05, 3.63) is 48.6 Å². The average molecular weight is 1470 g/mol. The maximum atomic E-state index is 13.0. The van der Waals surface area contributed by atoms with Gasteiger partial charge < -0.3 is 18.9 Å². The van der Waals surface area contributed by atoms with Crippen molar-refractivity contribution in [2.24, 2.45) is 0 Å². The van der Waals surface area contributed by atoms with Crippen LogP contribution in [-0.4, -0.2) is 74.9 Å². The largest absolute Gasteiger partial charge is 0.472 e. The summed E-state index contributed by atoms with van der Waals surface area (Å²) in [5.41, 5.74) is 0. The van der Waals surface area contributed by atoms with Crippen LogP contribution in [0.3, 0.4) is 0 Å². The molecule has 2 unspecified atom stereocenters. The maximum Gasteiger partial charge on any atom is 0.472 e. The molecule has 0 aromatic rings. The minimum Gasteiger partial charge on any atom is -0.462 e. The lowest BCUT2D eigenvalue weighted by atomic mass is 10.0. The van der Waals surface area contributed by atoms with Crippen LogP contribution in [0.25, 0.3) is 0 Å². The molecule has 0 fully saturated rings. The number of unbranched alkanes of at least 4 members (excludes halogenated alkanes) is 65. The van der Waals surface area contributed by atoms with E-state index in [-0.39, 0.29) is 25.6 Å². The van der Waals surface area contributed by atoms with Gasteiger partial charge in [0.2, 0.25) is 0 Å². The minimum absolute atomic E-state index is 0.0359. The number of ether oxygens (including phenoxy) is 2. The molecule has 1 N–H and O–H groups in total. The zero-order valence-corrected chi connectivity index (χ0v) is 70.7. The van der Waals surface area contributed by atoms with Crippen molar-refractivity contribution in [1.82, 2.24) is 0 Å².